The van der Waals surface area contributed by atoms with Crippen LogP contribution in [0.15, 0.2) is 42.5 Å². The van der Waals surface area contributed by atoms with E-state index < -0.39 is 18.0 Å². The summed E-state index contributed by atoms with van der Waals surface area (Å²) in [7, 11) is 0. The van der Waals surface area contributed by atoms with Crippen molar-refractivity contribution in [3.63, 3.8) is 0 Å². The number of nitrogens with one attached hydrogen (secondary N) is 1. The van der Waals surface area contributed by atoms with E-state index in [9.17, 15) is 18.0 Å². The van der Waals surface area contributed by atoms with Crippen molar-refractivity contribution in [1.82, 2.24) is 9.88 Å². The standard InChI is InChI=1S/C20H17ClF3N3O2S/c21-13-5-6-15-17(9-13)30-19(26-15)25-10-12-7-8-27(11-12)18(28)14-3-1-2-4-16(14)29-20(22,23)24/h1-6,9,12H,7-8,10-11H2,(H,25,26)/t12-/m0/s1. The second kappa shape index (κ2) is 8.31. The van der Waals surface area contributed by atoms with Crippen molar-refractivity contribution in [2.24, 2.45) is 5.92 Å². The van der Waals surface area contributed by atoms with Crippen LogP contribution >= 0.6 is 22.9 Å². The molecule has 1 amide bonds. The summed E-state index contributed by atoms with van der Waals surface area (Å²) < 4.78 is 42.8. The molecule has 4 rings (SSSR count). The number of likely N-dealkylation sites (tertiary alicyclic amines) is 1. The predicted molar refractivity (Wildman–Crippen MR) is 110 cm³/mol. The van der Waals surface area contributed by atoms with Crippen molar-refractivity contribution in [2.75, 3.05) is 25.0 Å². The molecular formula is C20H17ClF3N3O2S. The number of alkyl halides is 3. The maximum atomic E-state index is 12.8. The maximum absolute atomic E-state index is 12.8. The molecule has 2 heterocycles. The molecule has 2 aromatic carbocycles. The van der Waals surface area contributed by atoms with Crippen LogP contribution in [0.2, 0.25) is 5.02 Å². The van der Waals surface area contributed by atoms with Crippen molar-refractivity contribution in [3.8, 4) is 5.75 Å². The number of benzene rings is 2. The number of nitrogens with zero attached hydrogens (tertiary/aromatic N) is 2. The van der Waals surface area contributed by atoms with E-state index >= 15 is 0 Å². The first-order valence-electron chi connectivity index (χ1n) is 9.22. The van der Waals surface area contributed by atoms with Gasteiger partial charge >= 0.3 is 6.36 Å². The number of carbonyl (C=O) groups is 1. The van der Waals surface area contributed by atoms with Gasteiger partial charge in [-0.3, -0.25) is 4.79 Å². The van der Waals surface area contributed by atoms with Gasteiger partial charge in [0.2, 0.25) is 0 Å². The lowest BCUT2D eigenvalue weighted by Crippen LogP contribution is -2.30. The number of fused-ring (bicyclic) bond motifs is 1. The molecular weight excluding hydrogens is 439 g/mol. The van der Waals surface area contributed by atoms with E-state index in [-0.39, 0.29) is 11.5 Å². The fourth-order valence-electron chi connectivity index (χ4n) is 3.42. The highest BCUT2D eigenvalue weighted by atomic mass is 35.5. The first-order valence-corrected chi connectivity index (χ1v) is 10.4. The van der Waals surface area contributed by atoms with Crippen LogP contribution in [0.1, 0.15) is 16.8 Å². The number of hydrogen-bond donors (Lipinski definition) is 1. The van der Waals surface area contributed by atoms with E-state index in [1.165, 1.54) is 29.5 Å². The van der Waals surface area contributed by atoms with Gasteiger partial charge in [-0.05, 0) is 42.7 Å². The first-order chi connectivity index (χ1) is 14.3. The fraction of sp³-hybridized carbons (Fsp3) is 0.300. The lowest BCUT2D eigenvalue weighted by molar-refractivity contribution is -0.274. The Morgan fingerprint density at radius 1 is 1.30 bits per heavy atom. The average Bonchev–Trinajstić information content (AvgIpc) is 3.31. The van der Waals surface area contributed by atoms with Crippen molar-refractivity contribution in [1.29, 1.82) is 0 Å². The van der Waals surface area contributed by atoms with Crippen LogP contribution in [0.5, 0.6) is 5.75 Å². The SMILES string of the molecule is O=C(c1ccccc1OC(F)(F)F)N1CC[C@@H](CNc2nc3ccc(Cl)cc3s2)C1. The van der Waals surface area contributed by atoms with Crippen LogP contribution in [-0.2, 0) is 0 Å². The smallest absolute Gasteiger partial charge is 0.405 e. The summed E-state index contributed by atoms with van der Waals surface area (Å²) in [6.07, 6.45) is -4.10. The normalized spacial score (nSPS) is 16.8. The Balaban J connectivity index is 1.38. The van der Waals surface area contributed by atoms with Gasteiger partial charge in [0.25, 0.3) is 5.91 Å². The molecule has 0 saturated carbocycles. The Morgan fingerprint density at radius 2 is 2.10 bits per heavy atom. The summed E-state index contributed by atoms with van der Waals surface area (Å²) in [6, 6.07) is 10.9. The zero-order valence-corrected chi connectivity index (χ0v) is 17.2. The number of amides is 1. The number of anilines is 1. The minimum atomic E-state index is -4.85. The summed E-state index contributed by atoms with van der Waals surface area (Å²) in [5.41, 5.74) is 0.767. The zero-order valence-electron chi connectivity index (χ0n) is 15.6. The molecule has 0 unspecified atom stereocenters. The molecule has 158 valence electrons. The molecule has 0 spiro atoms. The van der Waals surface area contributed by atoms with Crippen molar-refractivity contribution < 1.29 is 22.7 Å². The van der Waals surface area contributed by atoms with Crippen molar-refractivity contribution in [2.45, 2.75) is 12.8 Å². The third-order valence-corrected chi connectivity index (χ3v) is 6.02. The highest BCUT2D eigenvalue weighted by Crippen LogP contribution is 2.30. The molecule has 1 aromatic heterocycles. The second-order valence-corrected chi connectivity index (χ2v) is 8.43. The largest absolute Gasteiger partial charge is 0.573 e. The van der Waals surface area contributed by atoms with E-state index in [0.29, 0.717) is 24.7 Å². The number of rotatable bonds is 5. The lowest BCUT2D eigenvalue weighted by Gasteiger charge is -2.19. The van der Waals surface area contributed by atoms with Gasteiger partial charge in [-0.25, -0.2) is 4.98 Å². The molecule has 1 saturated heterocycles. The van der Waals surface area contributed by atoms with Crippen molar-refractivity contribution in [3.05, 3.63) is 53.1 Å². The Hall–Kier alpha value is -2.52. The molecule has 0 radical (unpaired) electrons. The minimum absolute atomic E-state index is 0.0912. The summed E-state index contributed by atoms with van der Waals surface area (Å²) >= 11 is 7.50. The number of thiazole rings is 1. The van der Waals surface area contributed by atoms with Crippen molar-refractivity contribution >= 4 is 44.2 Å². The molecule has 1 N–H and O–H groups in total. The molecule has 10 heteroatoms. The fourth-order valence-corrected chi connectivity index (χ4v) is 4.57. The van der Waals surface area contributed by atoms with Gasteiger partial charge in [0.05, 0.1) is 15.8 Å². The van der Waals surface area contributed by atoms with E-state index in [1.807, 2.05) is 12.1 Å². The highest BCUT2D eigenvalue weighted by Gasteiger charge is 2.34. The molecule has 0 bridgehead atoms. The molecule has 1 atom stereocenters. The Morgan fingerprint density at radius 3 is 2.90 bits per heavy atom. The van der Waals surface area contributed by atoms with E-state index in [0.717, 1.165) is 27.8 Å². The van der Waals surface area contributed by atoms with Crippen LogP contribution in [0.3, 0.4) is 0 Å². The molecule has 1 aliphatic rings. The number of aromatic nitrogens is 1. The monoisotopic (exact) mass is 455 g/mol. The number of hydrogen-bond acceptors (Lipinski definition) is 5. The average molecular weight is 456 g/mol. The van der Waals surface area contributed by atoms with E-state index in [2.05, 4.69) is 15.0 Å². The quantitative estimate of drug-likeness (QED) is 0.558. The van der Waals surface area contributed by atoms with E-state index in [4.69, 9.17) is 11.6 Å². The van der Waals surface area contributed by atoms with Gasteiger partial charge in [-0.1, -0.05) is 35.1 Å². The number of para-hydroxylation sites is 1. The van der Waals surface area contributed by atoms with Gasteiger partial charge < -0.3 is 15.0 Å². The topological polar surface area (TPSA) is 54.5 Å². The van der Waals surface area contributed by atoms with Crippen LogP contribution in [0.4, 0.5) is 18.3 Å². The molecule has 5 nitrogen and oxygen atoms in total. The minimum Gasteiger partial charge on any atom is -0.405 e. The van der Waals surface area contributed by atoms with Crippen LogP contribution in [-0.4, -0.2) is 41.8 Å². The molecule has 1 fully saturated rings. The van der Waals surface area contributed by atoms with Crippen LogP contribution in [0.25, 0.3) is 10.2 Å². The number of ether oxygens (including phenoxy) is 1. The van der Waals surface area contributed by atoms with Gasteiger partial charge in [0, 0.05) is 24.7 Å². The second-order valence-electron chi connectivity index (χ2n) is 6.96. The summed E-state index contributed by atoms with van der Waals surface area (Å²) in [5.74, 6) is -0.781. The maximum Gasteiger partial charge on any atom is 0.573 e. The highest BCUT2D eigenvalue weighted by molar-refractivity contribution is 7.22. The molecule has 1 aliphatic heterocycles. The Labute approximate surface area is 179 Å². The third kappa shape index (κ3) is 4.79. The van der Waals surface area contributed by atoms with E-state index in [1.54, 1.807) is 11.0 Å². The van der Waals surface area contributed by atoms with Crippen LogP contribution in [0, 0.1) is 5.92 Å². The van der Waals surface area contributed by atoms with Gasteiger partial charge in [-0.2, -0.15) is 0 Å². The summed E-state index contributed by atoms with van der Waals surface area (Å²) in [6.45, 7) is 1.53. The predicted octanol–water partition coefficient (Wildman–Crippen LogP) is 5.42. The Bertz CT molecular complexity index is 1070. The molecule has 0 aliphatic carbocycles. The lowest BCUT2D eigenvalue weighted by atomic mass is 10.1. The Kier molecular flexibility index (Phi) is 5.75. The molecule has 3 aromatic rings. The first kappa shape index (κ1) is 20.7. The third-order valence-electron chi connectivity index (χ3n) is 4.81. The van der Waals surface area contributed by atoms with Crippen LogP contribution < -0.4 is 10.1 Å². The molecule has 30 heavy (non-hydrogen) atoms. The zero-order chi connectivity index (χ0) is 21.3. The van der Waals surface area contributed by atoms with Gasteiger partial charge in [-0.15, -0.1) is 13.2 Å². The van der Waals surface area contributed by atoms with Gasteiger partial charge in [0.1, 0.15) is 5.75 Å². The number of carbonyl (C=O) groups excluding carboxylic acids is 1. The summed E-state index contributed by atoms with van der Waals surface area (Å²) in [5, 5.41) is 4.71. The van der Waals surface area contributed by atoms with Gasteiger partial charge in [0.15, 0.2) is 5.13 Å². The summed E-state index contributed by atoms with van der Waals surface area (Å²) in [4.78, 5) is 18.8. The number of halogens is 4.